The van der Waals surface area contributed by atoms with Crippen molar-refractivity contribution in [1.29, 1.82) is 0 Å². The first kappa shape index (κ1) is 28.0. The molecule has 0 N–H and O–H groups in total. The van der Waals surface area contributed by atoms with Gasteiger partial charge in [0, 0.05) is 27.5 Å². The van der Waals surface area contributed by atoms with Crippen LogP contribution in [0, 0.1) is 0 Å². The molecule has 0 saturated carbocycles. The number of oxazole rings is 1. The molecule has 0 atom stereocenters. The third kappa shape index (κ3) is 4.43. The van der Waals surface area contributed by atoms with Gasteiger partial charge in [-0.05, 0) is 79.8 Å². The number of benzene rings is 8. The Kier molecular flexibility index (Phi) is 5.92. The van der Waals surface area contributed by atoms with Crippen molar-refractivity contribution in [2.45, 2.75) is 0 Å². The zero-order valence-electron chi connectivity index (χ0n) is 27.3. The summed E-state index contributed by atoms with van der Waals surface area (Å²) in [5.74, 6) is 0.612. The van der Waals surface area contributed by atoms with Gasteiger partial charge in [0.1, 0.15) is 5.52 Å². The van der Waals surface area contributed by atoms with Crippen molar-refractivity contribution in [3.8, 4) is 45.1 Å². The van der Waals surface area contributed by atoms with Gasteiger partial charge in [0.25, 0.3) is 0 Å². The summed E-state index contributed by atoms with van der Waals surface area (Å²) in [5, 5.41) is 9.91. The Balaban J connectivity index is 0.954. The lowest BCUT2D eigenvalue weighted by Crippen LogP contribution is -1.91. The second-order valence-corrected chi connectivity index (χ2v) is 13.2. The van der Waals surface area contributed by atoms with Crippen LogP contribution < -0.4 is 0 Å². The van der Waals surface area contributed by atoms with Crippen LogP contribution in [0.5, 0.6) is 0 Å². The summed E-state index contributed by atoms with van der Waals surface area (Å²) in [6.45, 7) is 0. The number of aromatic nitrogens is 3. The Bertz CT molecular complexity index is 3070. The van der Waals surface area contributed by atoms with Gasteiger partial charge in [-0.1, -0.05) is 127 Å². The van der Waals surface area contributed by atoms with Crippen LogP contribution in [0.25, 0.3) is 110 Å². The maximum atomic E-state index is 5.99. The molecule has 236 valence electrons. The number of rotatable bonds is 4. The van der Waals surface area contributed by atoms with E-state index >= 15 is 0 Å². The second kappa shape index (κ2) is 10.8. The molecule has 4 heteroatoms. The first-order valence-corrected chi connectivity index (χ1v) is 17.2. The van der Waals surface area contributed by atoms with E-state index < -0.39 is 0 Å². The highest BCUT2D eigenvalue weighted by Gasteiger charge is 2.14. The van der Waals surface area contributed by atoms with Crippen LogP contribution in [0.3, 0.4) is 0 Å². The van der Waals surface area contributed by atoms with E-state index in [2.05, 4.69) is 132 Å². The number of nitrogens with zero attached hydrogens (tertiary/aromatic N) is 3. The third-order valence-electron chi connectivity index (χ3n) is 10.3. The molecule has 0 fully saturated rings. The minimum atomic E-state index is 0.612. The average Bonchev–Trinajstić information content (AvgIpc) is 3.64. The lowest BCUT2D eigenvalue weighted by Gasteiger charge is -2.14. The highest BCUT2D eigenvalue weighted by molar-refractivity contribution is 6.25. The van der Waals surface area contributed by atoms with E-state index in [0.29, 0.717) is 5.89 Å². The molecule has 8 aromatic carbocycles. The molecule has 3 heterocycles. The smallest absolute Gasteiger partial charge is 0.227 e. The molecule has 0 radical (unpaired) electrons. The summed E-state index contributed by atoms with van der Waals surface area (Å²) in [6, 6.07) is 57.6. The highest BCUT2D eigenvalue weighted by atomic mass is 16.3. The SMILES string of the molecule is c1cc2ccc3ccc(-c4ccc(-c5ccc6ccc7ccc(-c8ccc(-c9nc%10ccccc%10o9)cc8)nc7c6n5)cc4)c4ccc(c1)c2c34. The van der Waals surface area contributed by atoms with E-state index in [9.17, 15) is 0 Å². The van der Waals surface area contributed by atoms with E-state index in [1.54, 1.807) is 0 Å². The van der Waals surface area contributed by atoms with E-state index in [-0.39, 0.29) is 0 Å². The van der Waals surface area contributed by atoms with Gasteiger partial charge in [-0.25, -0.2) is 15.0 Å². The summed E-state index contributed by atoms with van der Waals surface area (Å²) in [7, 11) is 0. The summed E-state index contributed by atoms with van der Waals surface area (Å²) < 4.78 is 5.99. The van der Waals surface area contributed by atoms with Crippen LogP contribution >= 0.6 is 0 Å². The van der Waals surface area contributed by atoms with Crippen LogP contribution in [0.1, 0.15) is 0 Å². The van der Waals surface area contributed by atoms with Crippen molar-refractivity contribution >= 4 is 65.2 Å². The molecule has 11 aromatic rings. The van der Waals surface area contributed by atoms with Gasteiger partial charge in [0.05, 0.1) is 22.4 Å². The number of pyridine rings is 2. The Morgan fingerprint density at radius 2 is 0.882 bits per heavy atom. The van der Waals surface area contributed by atoms with E-state index in [0.717, 1.165) is 61.0 Å². The van der Waals surface area contributed by atoms with Gasteiger partial charge in [0.2, 0.25) is 5.89 Å². The lowest BCUT2D eigenvalue weighted by atomic mass is 9.89. The molecule has 0 unspecified atom stereocenters. The topological polar surface area (TPSA) is 51.8 Å². The Morgan fingerprint density at radius 1 is 0.353 bits per heavy atom. The van der Waals surface area contributed by atoms with Gasteiger partial charge in [-0.15, -0.1) is 0 Å². The maximum absolute atomic E-state index is 5.99. The molecule has 0 amide bonds. The molecule has 0 bridgehead atoms. The van der Waals surface area contributed by atoms with E-state index in [1.807, 2.05) is 36.4 Å². The van der Waals surface area contributed by atoms with Gasteiger partial charge in [0.15, 0.2) is 5.58 Å². The van der Waals surface area contributed by atoms with Crippen molar-refractivity contribution in [1.82, 2.24) is 15.0 Å². The Labute approximate surface area is 292 Å². The van der Waals surface area contributed by atoms with Crippen molar-refractivity contribution in [2.75, 3.05) is 0 Å². The number of hydrogen-bond donors (Lipinski definition) is 0. The predicted molar refractivity (Wildman–Crippen MR) is 210 cm³/mol. The normalized spacial score (nSPS) is 11.9. The summed E-state index contributed by atoms with van der Waals surface area (Å²) in [6.07, 6.45) is 0. The predicted octanol–water partition coefficient (Wildman–Crippen LogP) is 12.5. The summed E-state index contributed by atoms with van der Waals surface area (Å²) in [5.41, 5.74) is 10.7. The van der Waals surface area contributed by atoms with Gasteiger partial charge in [-0.3, -0.25) is 0 Å². The fourth-order valence-corrected chi connectivity index (χ4v) is 7.68. The molecule has 11 rings (SSSR count). The van der Waals surface area contributed by atoms with Crippen molar-refractivity contribution in [2.24, 2.45) is 0 Å². The highest BCUT2D eigenvalue weighted by Crippen LogP contribution is 2.40. The number of hydrogen-bond acceptors (Lipinski definition) is 4. The van der Waals surface area contributed by atoms with Gasteiger partial charge >= 0.3 is 0 Å². The molecular weight excluding hydrogens is 623 g/mol. The largest absolute Gasteiger partial charge is 0.436 e. The van der Waals surface area contributed by atoms with Crippen molar-refractivity contribution < 1.29 is 4.42 Å². The molecular formula is C47H27N3O. The summed E-state index contributed by atoms with van der Waals surface area (Å²) in [4.78, 5) is 15.0. The number of fused-ring (bicyclic) bond motifs is 4. The minimum Gasteiger partial charge on any atom is -0.436 e. The van der Waals surface area contributed by atoms with Crippen LogP contribution in [-0.4, -0.2) is 15.0 Å². The monoisotopic (exact) mass is 649 g/mol. The van der Waals surface area contributed by atoms with Crippen molar-refractivity contribution in [3.05, 3.63) is 164 Å². The summed E-state index contributed by atoms with van der Waals surface area (Å²) >= 11 is 0. The molecule has 0 aliphatic heterocycles. The standard InChI is InChI=1S/C47H27N3O/c1-2-7-42-41(6-1)50-47(51-42)36-18-12-30(13-19-36)40-27-23-35-17-16-34-22-26-39(48-45(34)46(35)49-40)29-10-8-28(9-11-29)37-24-20-33-15-14-31-4-3-5-32-21-25-38(37)44(33)43(31)32/h1-27H. The van der Waals surface area contributed by atoms with Crippen LogP contribution in [0.2, 0.25) is 0 Å². The molecule has 0 spiro atoms. The van der Waals surface area contributed by atoms with Crippen LogP contribution in [-0.2, 0) is 0 Å². The fraction of sp³-hybridized carbons (Fsp3) is 0. The molecule has 4 nitrogen and oxygen atoms in total. The van der Waals surface area contributed by atoms with E-state index in [1.165, 1.54) is 43.4 Å². The second-order valence-electron chi connectivity index (χ2n) is 13.2. The Morgan fingerprint density at radius 3 is 1.55 bits per heavy atom. The van der Waals surface area contributed by atoms with Crippen LogP contribution in [0.4, 0.5) is 0 Å². The first-order valence-electron chi connectivity index (χ1n) is 17.2. The Hall–Kier alpha value is -6.91. The van der Waals surface area contributed by atoms with Gasteiger partial charge < -0.3 is 4.42 Å². The molecule has 51 heavy (non-hydrogen) atoms. The zero-order chi connectivity index (χ0) is 33.5. The fourth-order valence-electron chi connectivity index (χ4n) is 7.68. The zero-order valence-corrected chi connectivity index (χ0v) is 27.3. The average molecular weight is 650 g/mol. The first-order chi connectivity index (χ1) is 25.2. The molecule has 3 aromatic heterocycles. The van der Waals surface area contributed by atoms with Crippen LogP contribution in [0.15, 0.2) is 168 Å². The molecule has 0 aliphatic rings. The molecule has 0 aliphatic carbocycles. The van der Waals surface area contributed by atoms with E-state index in [4.69, 9.17) is 14.4 Å². The third-order valence-corrected chi connectivity index (χ3v) is 10.3. The van der Waals surface area contributed by atoms with Gasteiger partial charge in [-0.2, -0.15) is 0 Å². The molecule has 0 saturated heterocycles. The minimum absolute atomic E-state index is 0.612. The quantitative estimate of drug-likeness (QED) is 0.178. The maximum Gasteiger partial charge on any atom is 0.227 e. The lowest BCUT2D eigenvalue weighted by molar-refractivity contribution is 0.620. The number of para-hydroxylation sites is 2. The van der Waals surface area contributed by atoms with Crippen molar-refractivity contribution in [3.63, 3.8) is 0 Å².